The Balaban J connectivity index is 1.68. The highest BCUT2D eigenvalue weighted by molar-refractivity contribution is 6.41. The van der Waals surface area contributed by atoms with E-state index in [1.165, 1.54) is 20.3 Å². The first kappa shape index (κ1) is 24.8. The van der Waals surface area contributed by atoms with Gasteiger partial charge in [0.15, 0.2) is 0 Å². The molecule has 0 aliphatic carbocycles. The lowest BCUT2D eigenvalue weighted by Crippen LogP contribution is -2.47. The summed E-state index contributed by atoms with van der Waals surface area (Å²) in [4.78, 5) is 9.01. The van der Waals surface area contributed by atoms with Gasteiger partial charge in [-0.2, -0.15) is 0 Å². The van der Waals surface area contributed by atoms with Crippen LogP contribution in [0.15, 0.2) is 37.1 Å². The maximum absolute atomic E-state index is 9.81. The molecular weight excluding hydrogens is 503 g/mol. The zero-order valence-corrected chi connectivity index (χ0v) is 20.7. The molecule has 4 rings (SSSR count). The van der Waals surface area contributed by atoms with Crippen molar-refractivity contribution in [2.45, 2.75) is 18.3 Å². The van der Waals surface area contributed by atoms with Crippen LogP contribution in [-0.2, 0) is 4.74 Å². The number of rotatable bonds is 8. The van der Waals surface area contributed by atoms with Gasteiger partial charge in [0.1, 0.15) is 17.7 Å². The zero-order valence-electron chi connectivity index (χ0n) is 18.4. The molecule has 1 aliphatic rings. The Bertz CT molecular complexity index is 1200. The largest absolute Gasteiger partial charge is 0.495 e. The number of anilines is 1. The molecule has 0 amide bonds. The van der Waals surface area contributed by atoms with Gasteiger partial charge in [-0.25, -0.2) is 9.97 Å². The monoisotopic (exact) mass is 524 g/mol. The molecule has 3 atom stereocenters. The SMILES string of the molecule is C=CC(O)N[C@H]1COC[C@H]1Nc1ncc2cc(-c3c(Cl)c(OC)cc(OC)c3Cl)cc(Cl)c2n1. The van der Waals surface area contributed by atoms with Gasteiger partial charge in [-0.3, -0.25) is 5.32 Å². The van der Waals surface area contributed by atoms with Gasteiger partial charge >= 0.3 is 0 Å². The minimum atomic E-state index is -0.838. The number of fused-ring (bicyclic) bond motifs is 1. The summed E-state index contributed by atoms with van der Waals surface area (Å²) in [6, 6.07) is 4.92. The summed E-state index contributed by atoms with van der Waals surface area (Å²) in [7, 11) is 3.03. The lowest BCUT2D eigenvalue weighted by atomic mass is 10.0. The first-order chi connectivity index (χ1) is 16.4. The molecule has 0 spiro atoms. The van der Waals surface area contributed by atoms with E-state index in [0.717, 1.165) is 0 Å². The third-order valence-corrected chi connectivity index (χ3v) is 6.54. The number of nitrogens with one attached hydrogen (secondary N) is 2. The normalized spacial score (nSPS) is 18.6. The van der Waals surface area contributed by atoms with Crippen molar-refractivity contribution in [2.24, 2.45) is 0 Å². The Morgan fingerprint density at radius 3 is 2.44 bits per heavy atom. The van der Waals surface area contributed by atoms with Gasteiger partial charge in [0.25, 0.3) is 0 Å². The average Bonchev–Trinajstić information content (AvgIpc) is 3.26. The molecule has 1 unspecified atom stereocenters. The van der Waals surface area contributed by atoms with Crippen LogP contribution < -0.4 is 20.1 Å². The number of benzene rings is 2. The summed E-state index contributed by atoms with van der Waals surface area (Å²) < 4.78 is 16.3. The van der Waals surface area contributed by atoms with Crippen LogP contribution in [0, 0.1) is 0 Å². The molecule has 11 heteroatoms. The van der Waals surface area contributed by atoms with E-state index in [1.807, 2.05) is 6.07 Å². The van der Waals surface area contributed by atoms with Crippen LogP contribution in [0.3, 0.4) is 0 Å². The van der Waals surface area contributed by atoms with Gasteiger partial charge in [0, 0.05) is 23.2 Å². The van der Waals surface area contributed by atoms with Gasteiger partial charge in [0.05, 0.1) is 60.1 Å². The Morgan fingerprint density at radius 2 is 1.79 bits per heavy atom. The molecule has 1 aromatic heterocycles. The van der Waals surface area contributed by atoms with Gasteiger partial charge in [-0.1, -0.05) is 41.4 Å². The van der Waals surface area contributed by atoms with Crippen molar-refractivity contribution in [1.29, 1.82) is 0 Å². The van der Waals surface area contributed by atoms with Crippen LogP contribution in [0.1, 0.15) is 0 Å². The zero-order chi connectivity index (χ0) is 24.4. The van der Waals surface area contributed by atoms with Crippen LogP contribution in [-0.4, -0.2) is 60.8 Å². The number of hydrogen-bond donors (Lipinski definition) is 3. The Labute approximate surface area is 211 Å². The number of hydrogen-bond acceptors (Lipinski definition) is 8. The van der Waals surface area contributed by atoms with Gasteiger partial charge < -0.3 is 24.6 Å². The lowest BCUT2D eigenvalue weighted by Gasteiger charge is -2.22. The number of aliphatic hydroxyl groups is 1. The molecule has 0 radical (unpaired) electrons. The van der Waals surface area contributed by atoms with Crippen molar-refractivity contribution in [3.8, 4) is 22.6 Å². The number of aromatic nitrogens is 2. The maximum atomic E-state index is 9.81. The summed E-state index contributed by atoms with van der Waals surface area (Å²) in [6.07, 6.45) is 2.24. The fourth-order valence-electron chi connectivity index (χ4n) is 3.77. The predicted molar refractivity (Wildman–Crippen MR) is 134 cm³/mol. The maximum Gasteiger partial charge on any atom is 0.223 e. The van der Waals surface area contributed by atoms with Crippen LogP contribution >= 0.6 is 34.8 Å². The van der Waals surface area contributed by atoms with Gasteiger partial charge in [-0.15, -0.1) is 0 Å². The molecule has 3 aromatic rings. The molecule has 1 saturated heterocycles. The van der Waals surface area contributed by atoms with Crippen LogP contribution in [0.4, 0.5) is 5.95 Å². The summed E-state index contributed by atoms with van der Waals surface area (Å²) in [5, 5.41) is 17.8. The highest BCUT2D eigenvalue weighted by atomic mass is 35.5. The van der Waals surface area contributed by atoms with E-state index in [4.69, 9.17) is 49.0 Å². The quantitative estimate of drug-likeness (QED) is 0.291. The van der Waals surface area contributed by atoms with E-state index in [1.54, 1.807) is 18.3 Å². The van der Waals surface area contributed by atoms with Crippen molar-refractivity contribution in [3.05, 3.63) is 52.1 Å². The third kappa shape index (κ3) is 4.88. The molecule has 1 fully saturated rings. The minimum Gasteiger partial charge on any atom is -0.495 e. The summed E-state index contributed by atoms with van der Waals surface area (Å²) >= 11 is 19.8. The van der Waals surface area contributed by atoms with E-state index in [2.05, 4.69) is 27.2 Å². The molecule has 180 valence electrons. The van der Waals surface area contributed by atoms with Crippen molar-refractivity contribution >= 4 is 51.7 Å². The number of halogens is 3. The lowest BCUT2D eigenvalue weighted by molar-refractivity contribution is 0.149. The first-order valence-corrected chi connectivity index (χ1v) is 11.5. The Morgan fingerprint density at radius 1 is 1.12 bits per heavy atom. The van der Waals surface area contributed by atoms with E-state index < -0.39 is 6.23 Å². The molecule has 0 bridgehead atoms. The average molecular weight is 526 g/mol. The fourth-order valence-corrected chi connectivity index (χ4v) is 4.76. The molecule has 2 heterocycles. The number of nitrogens with zero attached hydrogens (tertiary/aromatic N) is 2. The number of methoxy groups -OCH3 is 2. The summed E-state index contributed by atoms with van der Waals surface area (Å²) in [5.74, 6) is 1.23. The molecule has 1 aliphatic heterocycles. The second kappa shape index (κ2) is 10.5. The number of ether oxygens (including phenoxy) is 3. The molecule has 34 heavy (non-hydrogen) atoms. The third-order valence-electron chi connectivity index (χ3n) is 5.50. The van der Waals surface area contributed by atoms with Gasteiger partial charge in [-0.05, 0) is 23.8 Å². The standard InChI is InChI=1S/C23H23Cl3N4O4/c1-4-18(31)28-14-9-34-10-15(14)29-23-27-8-12-5-11(6-13(24)22(12)30-23)19-20(25)16(32-2)7-17(33-3)21(19)26/h4-8,14-15,18,28,31H,1,9-10H2,2-3H3,(H,27,29,30)/t14-,15+,18?/m0/s1. The van der Waals surface area contributed by atoms with Gasteiger partial charge in [0.2, 0.25) is 5.95 Å². The Hall–Kier alpha value is -2.33. The number of aliphatic hydroxyl groups excluding tert-OH is 1. The van der Waals surface area contributed by atoms with E-state index in [-0.39, 0.29) is 12.1 Å². The second-order valence-electron chi connectivity index (χ2n) is 7.62. The van der Waals surface area contributed by atoms with Crippen molar-refractivity contribution in [1.82, 2.24) is 15.3 Å². The fraction of sp³-hybridized carbons (Fsp3) is 0.304. The highest BCUT2D eigenvalue weighted by Crippen LogP contribution is 2.47. The Kier molecular flexibility index (Phi) is 7.67. The van der Waals surface area contributed by atoms with E-state index in [9.17, 15) is 5.11 Å². The van der Waals surface area contributed by atoms with Crippen molar-refractivity contribution < 1.29 is 19.3 Å². The molecular formula is C23H23Cl3N4O4. The minimum absolute atomic E-state index is 0.141. The van der Waals surface area contributed by atoms with E-state index >= 15 is 0 Å². The van der Waals surface area contributed by atoms with E-state index in [0.29, 0.717) is 67.8 Å². The summed E-state index contributed by atoms with van der Waals surface area (Å²) in [6.45, 7) is 4.44. The molecule has 0 saturated carbocycles. The van der Waals surface area contributed by atoms with Crippen LogP contribution in [0.25, 0.3) is 22.0 Å². The van der Waals surface area contributed by atoms with Crippen LogP contribution in [0.2, 0.25) is 15.1 Å². The van der Waals surface area contributed by atoms with Crippen molar-refractivity contribution in [2.75, 3.05) is 32.8 Å². The predicted octanol–water partition coefficient (Wildman–Crippen LogP) is 4.55. The molecule has 3 N–H and O–H groups in total. The molecule has 2 aromatic carbocycles. The van der Waals surface area contributed by atoms with Crippen LogP contribution in [0.5, 0.6) is 11.5 Å². The van der Waals surface area contributed by atoms with Crippen molar-refractivity contribution in [3.63, 3.8) is 0 Å². The smallest absolute Gasteiger partial charge is 0.223 e. The summed E-state index contributed by atoms with van der Waals surface area (Å²) in [5.41, 5.74) is 1.75. The first-order valence-electron chi connectivity index (χ1n) is 10.3. The topological polar surface area (TPSA) is 97.8 Å². The molecule has 8 nitrogen and oxygen atoms in total. The second-order valence-corrected chi connectivity index (χ2v) is 8.78. The highest BCUT2D eigenvalue weighted by Gasteiger charge is 2.30.